The molecule has 3 heterocycles. The Kier molecular flexibility index (Phi) is 4.03. The number of aromatic nitrogens is 2. The number of hydrogen-bond acceptors (Lipinski definition) is 4. The van der Waals surface area contributed by atoms with E-state index in [1.54, 1.807) is 7.11 Å². The van der Waals surface area contributed by atoms with E-state index in [1.807, 2.05) is 11.3 Å². The molecule has 1 atom stereocenters. The normalized spacial score (nSPS) is 22.0. The van der Waals surface area contributed by atoms with Gasteiger partial charge >= 0.3 is 0 Å². The molecule has 2 aliphatic rings. The predicted octanol–water partition coefficient (Wildman–Crippen LogP) is 3.10. The van der Waals surface area contributed by atoms with E-state index >= 15 is 0 Å². The van der Waals surface area contributed by atoms with Gasteiger partial charge in [-0.05, 0) is 42.2 Å². The Balaban J connectivity index is 1.60. The first-order valence-corrected chi connectivity index (χ1v) is 9.03. The molecule has 2 aromatic rings. The van der Waals surface area contributed by atoms with Crippen molar-refractivity contribution in [3.8, 4) is 0 Å². The zero-order valence-corrected chi connectivity index (χ0v) is 13.9. The second-order valence-electron chi connectivity index (χ2n) is 6.45. The molecule has 1 aliphatic heterocycles. The highest BCUT2D eigenvalue weighted by molar-refractivity contribution is 7.09. The van der Waals surface area contributed by atoms with Crippen LogP contribution in [-0.4, -0.2) is 34.9 Å². The molecule has 5 heteroatoms. The first-order valence-electron chi connectivity index (χ1n) is 8.15. The van der Waals surface area contributed by atoms with Crippen LogP contribution in [0.2, 0.25) is 0 Å². The van der Waals surface area contributed by atoms with Gasteiger partial charge in [0.2, 0.25) is 0 Å². The molecule has 0 aromatic carbocycles. The van der Waals surface area contributed by atoms with Gasteiger partial charge in [-0.2, -0.15) is 5.10 Å². The molecule has 0 amide bonds. The number of hydrogen-bond donors (Lipinski definition) is 0. The summed E-state index contributed by atoms with van der Waals surface area (Å²) in [5, 5.41) is 6.84. The maximum absolute atomic E-state index is 5.55. The Morgan fingerprint density at radius 2 is 2.32 bits per heavy atom. The number of methoxy groups -OCH3 is 1. The standard InChI is InChI=1S/C17H23N3OS/c1-21-12-16-17-14(9-18-20(17)10-13-4-5-13)6-7-19(16)11-15-3-2-8-22-15/h2-3,8-9,13,16H,4-7,10-12H2,1H3/t16-/m0/s1. The van der Waals surface area contributed by atoms with Gasteiger partial charge in [0.1, 0.15) is 0 Å². The second kappa shape index (κ2) is 6.14. The first-order chi connectivity index (χ1) is 10.8. The fourth-order valence-electron chi connectivity index (χ4n) is 3.43. The lowest BCUT2D eigenvalue weighted by Gasteiger charge is -2.35. The van der Waals surface area contributed by atoms with E-state index < -0.39 is 0 Å². The third kappa shape index (κ3) is 2.85. The van der Waals surface area contributed by atoms with Crippen LogP contribution in [0.5, 0.6) is 0 Å². The van der Waals surface area contributed by atoms with Crippen molar-refractivity contribution in [2.24, 2.45) is 5.92 Å². The average molecular weight is 317 g/mol. The summed E-state index contributed by atoms with van der Waals surface area (Å²) in [6, 6.07) is 4.70. The van der Waals surface area contributed by atoms with Gasteiger partial charge in [0.05, 0.1) is 24.5 Å². The van der Waals surface area contributed by atoms with Gasteiger partial charge in [0.25, 0.3) is 0 Å². The number of thiophene rings is 1. The average Bonchev–Trinajstić information content (AvgIpc) is 3.02. The largest absolute Gasteiger partial charge is 0.383 e. The summed E-state index contributed by atoms with van der Waals surface area (Å²) in [6.07, 6.45) is 5.92. The molecule has 2 aromatic heterocycles. The lowest BCUT2D eigenvalue weighted by molar-refractivity contribution is 0.0732. The van der Waals surface area contributed by atoms with Gasteiger partial charge in [-0.25, -0.2) is 0 Å². The molecule has 1 fully saturated rings. The highest BCUT2D eigenvalue weighted by Gasteiger charge is 2.33. The van der Waals surface area contributed by atoms with E-state index in [4.69, 9.17) is 4.74 Å². The smallest absolute Gasteiger partial charge is 0.0760 e. The molecule has 1 saturated carbocycles. The topological polar surface area (TPSA) is 30.3 Å². The molecule has 0 radical (unpaired) electrons. The Bertz CT molecular complexity index is 618. The van der Waals surface area contributed by atoms with Gasteiger partial charge in [-0.3, -0.25) is 9.58 Å². The number of fused-ring (bicyclic) bond motifs is 1. The molecule has 118 valence electrons. The predicted molar refractivity (Wildman–Crippen MR) is 88.0 cm³/mol. The summed E-state index contributed by atoms with van der Waals surface area (Å²) < 4.78 is 7.81. The van der Waals surface area contributed by atoms with E-state index in [0.717, 1.165) is 38.6 Å². The first kappa shape index (κ1) is 14.4. The van der Waals surface area contributed by atoms with Crippen molar-refractivity contribution in [3.05, 3.63) is 39.8 Å². The molecular weight excluding hydrogens is 294 g/mol. The van der Waals surface area contributed by atoms with Crippen molar-refractivity contribution in [3.63, 3.8) is 0 Å². The fourth-order valence-corrected chi connectivity index (χ4v) is 4.16. The minimum absolute atomic E-state index is 0.331. The maximum atomic E-state index is 5.55. The van der Waals surface area contributed by atoms with Gasteiger partial charge in [0, 0.05) is 31.6 Å². The van der Waals surface area contributed by atoms with Gasteiger partial charge < -0.3 is 4.74 Å². The van der Waals surface area contributed by atoms with Crippen molar-refractivity contribution in [1.82, 2.24) is 14.7 Å². The Morgan fingerprint density at radius 3 is 3.05 bits per heavy atom. The van der Waals surface area contributed by atoms with Gasteiger partial charge in [-0.1, -0.05) is 6.07 Å². The van der Waals surface area contributed by atoms with Crippen LogP contribution in [0, 0.1) is 5.92 Å². The molecule has 0 N–H and O–H groups in total. The van der Waals surface area contributed by atoms with E-state index in [0.29, 0.717) is 6.04 Å². The lowest BCUT2D eigenvalue weighted by Crippen LogP contribution is -2.38. The highest BCUT2D eigenvalue weighted by atomic mass is 32.1. The monoisotopic (exact) mass is 317 g/mol. The van der Waals surface area contributed by atoms with Crippen LogP contribution >= 0.6 is 11.3 Å². The van der Waals surface area contributed by atoms with Crippen LogP contribution in [0.15, 0.2) is 23.7 Å². The van der Waals surface area contributed by atoms with Crippen LogP contribution < -0.4 is 0 Å². The summed E-state index contributed by atoms with van der Waals surface area (Å²) in [6.45, 7) is 3.94. The molecule has 1 aliphatic carbocycles. The van der Waals surface area contributed by atoms with Crippen molar-refractivity contribution < 1.29 is 4.74 Å². The van der Waals surface area contributed by atoms with E-state index in [1.165, 1.54) is 29.0 Å². The molecule has 22 heavy (non-hydrogen) atoms. The zero-order chi connectivity index (χ0) is 14.9. The second-order valence-corrected chi connectivity index (χ2v) is 7.48. The Hall–Kier alpha value is -1.17. The number of rotatable bonds is 6. The van der Waals surface area contributed by atoms with Crippen LogP contribution in [0.1, 0.15) is 35.0 Å². The van der Waals surface area contributed by atoms with Crippen molar-refractivity contribution in [2.75, 3.05) is 20.3 Å². The third-order valence-corrected chi connectivity index (χ3v) is 5.64. The molecular formula is C17H23N3OS. The maximum Gasteiger partial charge on any atom is 0.0760 e. The van der Waals surface area contributed by atoms with E-state index in [9.17, 15) is 0 Å². The van der Waals surface area contributed by atoms with Crippen LogP contribution in [0.25, 0.3) is 0 Å². The summed E-state index contributed by atoms with van der Waals surface area (Å²) >= 11 is 1.84. The summed E-state index contributed by atoms with van der Waals surface area (Å²) in [5.74, 6) is 0.847. The van der Waals surface area contributed by atoms with Crippen molar-refractivity contribution in [1.29, 1.82) is 0 Å². The van der Waals surface area contributed by atoms with Gasteiger partial charge in [-0.15, -0.1) is 11.3 Å². The summed E-state index contributed by atoms with van der Waals surface area (Å²) in [4.78, 5) is 3.99. The van der Waals surface area contributed by atoms with Crippen LogP contribution in [0.3, 0.4) is 0 Å². The SMILES string of the molecule is COC[C@H]1c2c(cnn2CC2CC2)CCN1Cc1cccs1. The van der Waals surface area contributed by atoms with Crippen molar-refractivity contribution >= 4 is 11.3 Å². The Labute approximate surface area is 135 Å². The molecule has 0 unspecified atom stereocenters. The Morgan fingerprint density at radius 1 is 1.41 bits per heavy atom. The van der Waals surface area contributed by atoms with Gasteiger partial charge in [0.15, 0.2) is 0 Å². The third-order valence-electron chi connectivity index (χ3n) is 4.78. The number of nitrogens with zero attached hydrogens (tertiary/aromatic N) is 3. The number of ether oxygens (including phenoxy) is 1. The van der Waals surface area contributed by atoms with Crippen LogP contribution in [0.4, 0.5) is 0 Å². The quantitative estimate of drug-likeness (QED) is 0.820. The molecule has 0 saturated heterocycles. The zero-order valence-electron chi connectivity index (χ0n) is 13.1. The molecule has 4 nitrogen and oxygen atoms in total. The fraction of sp³-hybridized carbons (Fsp3) is 0.588. The summed E-state index contributed by atoms with van der Waals surface area (Å²) in [5.41, 5.74) is 2.82. The molecule has 0 bridgehead atoms. The van der Waals surface area contributed by atoms with Crippen molar-refractivity contribution in [2.45, 2.75) is 38.4 Å². The van der Waals surface area contributed by atoms with Crippen LogP contribution in [-0.2, 0) is 24.2 Å². The van der Waals surface area contributed by atoms with E-state index in [-0.39, 0.29) is 0 Å². The van der Waals surface area contributed by atoms with E-state index in [2.05, 4.69) is 38.4 Å². The lowest BCUT2D eigenvalue weighted by atomic mass is 10.00. The minimum atomic E-state index is 0.331. The highest BCUT2D eigenvalue weighted by Crippen LogP contribution is 2.35. The molecule has 0 spiro atoms. The summed E-state index contributed by atoms with van der Waals surface area (Å²) in [7, 11) is 1.80. The molecule has 4 rings (SSSR count). The minimum Gasteiger partial charge on any atom is -0.383 e.